The monoisotopic (exact) mass is 308 g/mol. The summed E-state index contributed by atoms with van der Waals surface area (Å²) in [6.45, 7) is 2.94. The van der Waals surface area contributed by atoms with Crippen LogP contribution in [0.15, 0.2) is 22.7 Å². The van der Waals surface area contributed by atoms with E-state index >= 15 is 0 Å². The van der Waals surface area contributed by atoms with Crippen LogP contribution in [0, 0.1) is 0 Å². The van der Waals surface area contributed by atoms with Gasteiger partial charge in [0.2, 0.25) is 5.67 Å². The van der Waals surface area contributed by atoms with Gasteiger partial charge in [0.1, 0.15) is 0 Å². The minimum absolute atomic E-state index is 0.146. The molecule has 0 bridgehead atoms. The van der Waals surface area contributed by atoms with Gasteiger partial charge in [0.15, 0.2) is 0 Å². The molecule has 0 N–H and O–H groups in total. The Morgan fingerprint density at radius 2 is 2.25 bits per heavy atom. The average Bonchev–Trinajstić information content (AvgIpc) is 2.22. The van der Waals surface area contributed by atoms with Crippen LogP contribution in [0.1, 0.15) is 19.4 Å². The molecule has 0 aliphatic carbocycles. The zero-order valence-electron chi connectivity index (χ0n) is 8.89. The second-order valence-electron chi connectivity index (χ2n) is 3.35. The minimum atomic E-state index is -2.16. The number of alkyl halides is 1. The second kappa shape index (κ2) is 5.15. The number of hydrogen-bond acceptors (Lipinski definition) is 2. The SMILES string of the molecule is CCOC(=O)C(C)(F)c1ccc(Cl)c(Br)c1. The summed E-state index contributed by atoms with van der Waals surface area (Å²) in [6, 6.07) is 4.46. The highest BCUT2D eigenvalue weighted by Crippen LogP contribution is 2.32. The van der Waals surface area contributed by atoms with E-state index in [1.807, 2.05) is 0 Å². The fourth-order valence-electron chi connectivity index (χ4n) is 1.17. The molecule has 16 heavy (non-hydrogen) atoms. The molecule has 0 saturated carbocycles. The van der Waals surface area contributed by atoms with E-state index in [-0.39, 0.29) is 12.2 Å². The van der Waals surface area contributed by atoms with Crippen molar-refractivity contribution >= 4 is 33.5 Å². The first kappa shape index (κ1) is 13.5. The number of rotatable bonds is 3. The van der Waals surface area contributed by atoms with Gasteiger partial charge in [0, 0.05) is 10.0 Å². The molecule has 88 valence electrons. The fourth-order valence-corrected chi connectivity index (χ4v) is 1.67. The first-order valence-corrected chi connectivity index (χ1v) is 5.88. The molecule has 2 nitrogen and oxygen atoms in total. The largest absolute Gasteiger partial charge is 0.463 e. The number of carbonyl (C=O) groups is 1. The van der Waals surface area contributed by atoms with Crippen molar-refractivity contribution in [1.82, 2.24) is 0 Å². The summed E-state index contributed by atoms with van der Waals surface area (Å²) in [7, 11) is 0. The molecule has 0 fully saturated rings. The normalized spacial score (nSPS) is 14.3. The molecule has 1 unspecified atom stereocenters. The Kier molecular flexibility index (Phi) is 4.33. The fraction of sp³-hybridized carbons (Fsp3) is 0.364. The second-order valence-corrected chi connectivity index (χ2v) is 4.61. The van der Waals surface area contributed by atoms with Crippen LogP contribution < -0.4 is 0 Å². The van der Waals surface area contributed by atoms with Crippen LogP contribution in [0.5, 0.6) is 0 Å². The Morgan fingerprint density at radius 1 is 1.62 bits per heavy atom. The van der Waals surface area contributed by atoms with Crippen LogP contribution in [0.4, 0.5) is 4.39 Å². The summed E-state index contributed by atoms with van der Waals surface area (Å²) < 4.78 is 19.4. The van der Waals surface area contributed by atoms with Crippen molar-refractivity contribution in [3.05, 3.63) is 33.3 Å². The number of halogens is 3. The highest BCUT2D eigenvalue weighted by Gasteiger charge is 2.37. The zero-order chi connectivity index (χ0) is 12.3. The van der Waals surface area contributed by atoms with Gasteiger partial charge in [-0.15, -0.1) is 0 Å². The van der Waals surface area contributed by atoms with E-state index in [1.54, 1.807) is 6.92 Å². The van der Waals surface area contributed by atoms with Gasteiger partial charge in [0.05, 0.1) is 11.6 Å². The molecule has 1 atom stereocenters. The van der Waals surface area contributed by atoms with Crippen LogP contribution >= 0.6 is 27.5 Å². The highest BCUT2D eigenvalue weighted by molar-refractivity contribution is 9.10. The van der Waals surface area contributed by atoms with Crippen molar-refractivity contribution in [2.75, 3.05) is 6.61 Å². The van der Waals surface area contributed by atoms with Crippen molar-refractivity contribution in [3.63, 3.8) is 0 Å². The van der Waals surface area contributed by atoms with E-state index in [9.17, 15) is 9.18 Å². The predicted molar refractivity (Wildman–Crippen MR) is 64.2 cm³/mol. The zero-order valence-corrected chi connectivity index (χ0v) is 11.2. The van der Waals surface area contributed by atoms with Gasteiger partial charge < -0.3 is 4.74 Å². The van der Waals surface area contributed by atoms with Crippen molar-refractivity contribution in [3.8, 4) is 0 Å². The van der Waals surface area contributed by atoms with Crippen molar-refractivity contribution < 1.29 is 13.9 Å². The standard InChI is InChI=1S/C11H11BrClFO2/c1-3-16-10(15)11(2,14)7-4-5-9(13)8(12)6-7/h4-6H,3H2,1-2H3. The third-order valence-electron chi connectivity index (χ3n) is 2.12. The Bertz CT molecular complexity index is 407. The molecule has 1 aromatic carbocycles. The van der Waals surface area contributed by atoms with E-state index in [2.05, 4.69) is 20.7 Å². The molecule has 0 heterocycles. The van der Waals surface area contributed by atoms with E-state index in [0.717, 1.165) is 0 Å². The number of carbonyl (C=O) groups excluding carboxylic acids is 1. The molecule has 0 aromatic heterocycles. The average molecular weight is 310 g/mol. The third kappa shape index (κ3) is 2.74. The highest BCUT2D eigenvalue weighted by atomic mass is 79.9. The Labute approximate surface area is 107 Å². The molecule has 5 heteroatoms. The lowest BCUT2D eigenvalue weighted by Crippen LogP contribution is -2.29. The smallest absolute Gasteiger partial charge is 0.348 e. The van der Waals surface area contributed by atoms with Gasteiger partial charge in [-0.3, -0.25) is 0 Å². The number of ether oxygens (including phenoxy) is 1. The maximum absolute atomic E-state index is 14.2. The molecule has 0 aliphatic heterocycles. The van der Waals surface area contributed by atoms with E-state index in [4.69, 9.17) is 11.6 Å². The lowest BCUT2D eigenvalue weighted by molar-refractivity contribution is -0.156. The Morgan fingerprint density at radius 3 is 2.75 bits per heavy atom. The van der Waals surface area contributed by atoms with Crippen molar-refractivity contribution in [2.24, 2.45) is 0 Å². The molecule has 1 rings (SSSR count). The molecule has 0 spiro atoms. The summed E-state index contributed by atoms with van der Waals surface area (Å²) in [5, 5.41) is 0.461. The number of hydrogen-bond donors (Lipinski definition) is 0. The lowest BCUT2D eigenvalue weighted by Gasteiger charge is -2.19. The van der Waals surface area contributed by atoms with Crippen LogP contribution in [-0.4, -0.2) is 12.6 Å². The van der Waals surface area contributed by atoms with E-state index < -0.39 is 11.6 Å². The first-order valence-electron chi connectivity index (χ1n) is 4.71. The lowest BCUT2D eigenvalue weighted by atomic mass is 9.98. The van der Waals surface area contributed by atoms with Crippen LogP contribution in [-0.2, 0) is 15.2 Å². The molecular weight excluding hydrogens is 298 g/mol. The summed E-state index contributed by atoms with van der Waals surface area (Å²) in [5.41, 5.74) is -1.95. The Hall–Kier alpha value is -0.610. The molecule has 0 amide bonds. The minimum Gasteiger partial charge on any atom is -0.463 e. The first-order chi connectivity index (χ1) is 7.39. The van der Waals surface area contributed by atoms with E-state index in [1.165, 1.54) is 25.1 Å². The molecule has 0 saturated heterocycles. The molecule has 1 aromatic rings. The van der Waals surface area contributed by atoms with Crippen LogP contribution in [0.2, 0.25) is 5.02 Å². The van der Waals surface area contributed by atoms with Gasteiger partial charge in [-0.2, -0.15) is 0 Å². The van der Waals surface area contributed by atoms with E-state index in [0.29, 0.717) is 9.50 Å². The maximum atomic E-state index is 14.2. The maximum Gasteiger partial charge on any atom is 0.348 e. The molecule has 0 aliphatic rings. The molecular formula is C11H11BrClFO2. The van der Waals surface area contributed by atoms with Crippen molar-refractivity contribution in [1.29, 1.82) is 0 Å². The third-order valence-corrected chi connectivity index (χ3v) is 3.33. The van der Waals surface area contributed by atoms with Gasteiger partial charge >= 0.3 is 5.97 Å². The summed E-state index contributed by atoms with van der Waals surface area (Å²) >= 11 is 8.96. The topological polar surface area (TPSA) is 26.3 Å². The van der Waals surface area contributed by atoms with Crippen molar-refractivity contribution in [2.45, 2.75) is 19.5 Å². The predicted octanol–water partition coefficient (Wildman–Crippen LogP) is 3.85. The van der Waals surface area contributed by atoms with Crippen LogP contribution in [0.3, 0.4) is 0 Å². The summed E-state index contributed by atoms with van der Waals surface area (Å²) in [6.07, 6.45) is 0. The molecule has 0 radical (unpaired) electrons. The number of benzene rings is 1. The quantitative estimate of drug-likeness (QED) is 0.793. The summed E-state index contributed by atoms with van der Waals surface area (Å²) in [4.78, 5) is 11.4. The van der Waals surface area contributed by atoms with Crippen LogP contribution in [0.25, 0.3) is 0 Å². The number of esters is 1. The van der Waals surface area contributed by atoms with Gasteiger partial charge in [-0.1, -0.05) is 17.7 Å². The van der Waals surface area contributed by atoms with Gasteiger partial charge in [0.25, 0.3) is 0 Å². The van der Waals surface area contributed by atoms with Gasteiger partial charge in [-0.05, 0) is 41.9 Å². The summed E-state index contributed by atoms with van der Waals surface area (Å²) in [5.74, 6) is -0.899. The van der Waals surface area contributed by atoms with Gasteiger partial charge in [-0.25, -0.2) is 9.18 Å². The Balaban J connectivity index is 3.06.